The maximum Gasteiger partial charge on any atom is 0.306 e. The number of carbonyl (C=O) groups is 1. The van der Waals surface area contributed by atoms with Gasteiger partial charge in [0.2, 0.25) is 0 Å². The summed E-state index contributed by atoms with van der Waals surface area (Å²) in [5.41, 5.74) is 2.29. The molecule has 0 N–H and O–H groups in total. The monoisotopic (exact) mass is 247 g/mol. The Morgan fingerprint density at radius 2 is 1.94 bits per heavy atom. The zero-order chi connectivity index (χ0) is 13.4. The van der Waals surface area contributed by atoms with Crippen LogP contribution in [0.1, 0.15) is 26.7 Å². The van der Waals surface area contributed by atoms with Gasteiger partial charge in [0.15, 0.2) is 0 Å². The van der Waals surface area contributed by atoms with E-state index in [0.717, 1.165) is 17.7 Å². The first-order chi connectivity index (χ1) is 8.63. The largest absolute Gasteiger partial charge is 0.466 e. The van der Waals surface area contributed by atoms with Gasteiger partial charge in [0, 0.05) is 25.4 Å². The fourth-order valence-corrected chi connectivity index (χ4v) is 1.67. The van der Waals surface area contributed by atoms with Crippen molar-refractivity contribution in [3.8, 4) is 0 Å². The van der Waals surface area contributed by atoms with Crippen molar-refractivity contribution in [1.29, 1.82) is 0 Å². The number of esters is 1. The van der Waals surface area contributed by atoms with Crippen molar-refractivity contribution in [3.63, 3.8) is 0 Å². The molecule has 0 aliphatic heterocycles. The topological polar surface area (TPSA) is 29.5 Å². The number of rotatable bonds is 6. The maximum absolute atomic E-state index is 11.2. The van der Waals surface area contributed by atoms with Gasteiger partial charge >= 0.3 is 5.97 Å². The Balaban J connectivity index is 2.48. The molecule has 0 fully saturated rings. The molecule has 0 spiro atoms. The van der Waals surface area contributed by atoms with Crippen LogP contribution >= 0.6 is 0 Å². The molecule has 18 heavy (non-hydrogen) atoms. The van der Waals surface area contributed by atoms with Crippen molar-refractivity contribution >= 4 is 11.7 Å². The Morgan fingerprint density at radius 1 is 1.28 bits per heavy atom. The van der Waals surface area contributed by atoms with E-state index >= 15 is 0 Å². The number of hydrogen-bond donors (Lipinski definition) is 0. The van der Waals surface area contributed by atoms with E-state index in [1.165, 1.54) is 0 Å². The van der Waals surface area contributed by atoms with E-state index in [2.05, 4.69) is 23.2 Å². The second-order valence-electron chi connectivity index (χ2n) is 4.23. The van der Waals surface area contributed by atoms with Crippen LogP contribution in [0.15, 0.2) is 42.1 Å². The van der Waals surface area contributed by atoms with Gasteiger partial charge in [-0.25, -0.2) is 0 Å². The lowest BCUT2D eigenvalue weighted by atomic mass is 10.2. The minimum atomic E-state index is -0.132. The Morgan fingerprint density at radius 3 is 2.56 bits per heavy atom. The maximum atomic E-state index is 11.2. The predicted molar refractivity (Wildman–Crippen MR) is 74.5 cm³/mol. The SMILES string of the molecule is CCOC(=O)CC/C(C)=C/N(C)c1ccccc1. The summed E-state index contributed by atoms with van der Waals surface area (Å²) in [6, 6.07) is 10.1. The van der Waals surface area contributed by atoms with Crippen LogP contribution in [0.3, 0.4) is 0 Å². The first-order valence-corrected chi connectivity index (χ1v) is 6.24. The molecular weight excluding hydrogens is 226 g/mol. The lowest BCUT2D eigenvalue weighted by Crippen LogP contribution is -2.09. The number of allylic oxidation sites excluding steroid dienone is 1. The summed E-state index contributed by atoms with van der Waals surface area (Å²) in [5.74, 6) is -0.132. The first kappa shape index (κ1) is 14.3. The molecule has 1 aromatic carbocycles. The first-order valence-electron chi connectivity index (χ1n) is 6.24. The van der Waals surface area contributed by atoms with Crippen LogP contribution in [-0.2, 0) is 9.53 Å². The molecule has 0 saturated carbocycles. The van der Waals surface area contributed by atoms with Gasteiger partial charge in [-0.05, 0) is 32.4 Å². The summed E-state index contributed by atoms with van der Waals surface area (Å²) in [4.78, 5) is 13.3. The van der Waals surface area contributed by atoms with Crippen molar-refractivity contribution in [1.82, 2.24) is 0 Å². The van der Waals surface area contributed by atoms with Crippen molar-refractivity contribution in [2.75, 3.05) is 18.6 Å². The fourth-order valence-electron chi connectivity index (χ4n) is 1.67. The van der Waals surface area contributed by atoms with Gasteiger partial charge < -0.3 is 9.64 Å². The standard InChI is InChI=1S/C15H21NO2/c1-4-18-15(17)11-10-13(2)12-16(3)14-8-6-5-7-9-14/h5-9,12H,4,10-11H2,1-3H3/b13-12+. The number of benzene rings is 1. The van der Waals surface area contributed by atoms with Crippen molar-refractivity contribution in [3.05, 3.63) is 42.1 Å². The molecule has 0 aromatic heterocycles. The van der Waals surface area contributed by atoms with E-state index in [1.54, 1.807) is 0 Å². The Labute approximate surface area is 109 Å². The molecule has 1 rings (SSSR count). The van der Waals surface area contributed by atoms with E-state index in [-0.39, 0.29) is 5.97 Å². The molecule has 0 aliphatic rings. The zero-order valence-corrected chi connectivity index (χ0v) is 11.3. The number of nitrogens with zero attached hydrogens (tertiary/aromatic N) is 1. The molecule has 0 heterocycles. The minimum absolute atomic E-state index is 0.132. The van der Waals surface area contributed by atoms with E-state index in [9.17, 15) is 4.79 Å². The molecule has 0 aliphatic carbocycles. The van der Waals surface area contributed by atoms with Gasteiger partial charge in [-0.1, -0.05) is 23.8 Å². The highest BCUT2D eigenvalue weighted by Crippen LogP contribution is 2.14. The second-order valence-corrected chi connectivity index (χ2v) is 4.23. The lowest BCUT2D eigenvalue weighted by molar-refractivity contribution is -0.143. The van der Waals surface area contributed by atoms with Gasteiger partial charge in [-0.2, -0.15) is 0 Å². The molecule has 3 nitrogen and oxygen atoms in total. The van der Waals surface area contributed by atoms with Crippen molar-refractivity contribution in [2.45, 2.75) is 26.7 Å². The van der Waals surface area contributed by atoms with E-state index in [0.29, 0.717) is 13.0 Å². The smallest absolute Gasteiger partial charge is 0.306 e. The molecule has 0 amide bonds. The summed E-state index contributed by atoms with van der Waals surface area (Å²) in [6.07, 6.45) is 3.23. The van der Waals surface area contributed by atoms with Gasteiger partial charge in [-0.3, -0.25) is 4.79 Å². The van der Waals surface area contributed by atoms with Crippen LogP contribution in [0.5, 0.6) is 0 Å². The van der Waals surface area contributed by atoms with Crippen molar-refractivity contribution < 1.29 is 9.53 Å². The number of carbonyl (C=O) groups excluding carboxylic acids is 1. The normalized spacial score (nSPS) is 11.2. The van der Waals surface area contributed by atoms with Gasteiger partial charge in [0.25, 0.3) is 0 Å². The Hall–Kier alpha value is -1.77. The Bertz CT molecular complexity index is 398. The second kappa shape index (κ2) is 7.54. The van der Waals surface area contributed by atoms with Gasteiger partial charge in [-0.15, -0.1) is 0 Å². The molecular formula is C15H21NO2. The molecule has 1 aromatic rings. The number of anilines is 1. The summed E-state index contributed by atoms with van der Waals surface area (Å²) in [5, 5.41) is 0. The summed E-state index contributed by atoms with van der Waals surface area (Å²) < 4.78 is 4.90. The highest BCUT2D eigenvalue weighted by atomic mass is 16.5. The van der Waals surface area contributed by atoms with Crippen LogP contribution in [0.2, 0.25) is 0 Å². The quantitative estimate of drug-likeness (QED) is 0.722. The highest BCUT2D eigenvalue weighted by molar-refractivity contribution is 5.69. The van der Waals surface area contributed by atoms with Gasteiger partial charge in [0.1, 0.15) is 0 Å². The minimum Gasteiger partial charge on any atom is -0.466 e. The van der Waals surface area contributed by atoms with Gasteiger partial charge in [0.05, 0.1) is 6.61 Å². The molecule has 0 saturated heterocycles. The van der Waals surface area contributed by atoms with E-state index in [4.69, 9.17) is 4.74 Å². The van der Waals surface area contributed by atoms with Crippen LogP contribution in [0.4, 0.5) is 5.69 Å². The molecule has 3 heteroatoms. The fraction of sp³-hybridized carbons (Fsp3) is 0.400. The number of hydrogen-bond acceptors (Lipinski definition) is 3. The third kappa shape index (κ3) is 5.04. The van der Waals surface area contributed by atoms with Crippen LogP contribution in [0, 0.1) is 0 Å². The predicted octanol–water partition coefficient (Wildman–Crippen LogP) is 3.37. The molecule has 0 unspecified atom stereocenters. The molecule has 0 bridgehead atoms. The average Bonchev–Trinajstić information content (AvgIpc) is 2.38. The van der Waals surface area contributed by atoms with Crippen LogP contribution < -0.4 is 4.90 Å². The summed E-state index contributed by atoms with van der Waals surface area (Å²) >= 11 is 0. The van der Waals surface area contributed by atoms with Crippen molar-refractivity contribution in [2.24, 2.45) is 0 Å². The van der Waals surface area contributed by atoms with Crippen LogP contribution in [-0.4, -0.2) is 19.6 Å². The number of ether oxygens (including phenoxy) is 1. The zero-order valence-electron chi connectivity index (χ0n) is 11.3. The third-order valence-electron chi connectivity index (χ3n) is 2.61. The summed E-state index contributed by atoms with van der Waals surface area (Å²) in [6.45, 7) is 4.30. The van der Waals surface area contributed by atoms with E-state index < -0.39 is 0 Å². The van der Waals surface area contributed by atoms with Crippen LogP contribution in [0.25, 0.3) is 0 Å². The molecule has 0 atom stereocenters. The highest BCUT2D eigenvalue weighted by Gasteiger charge is 2.03. The summed E-state index contributed by atoms with van der Waals surface area (Å²) in [7, 11) is 2.00. The van der Waals surface area contributed by atoms with E-state index in [1.807, 2.05) is 39.1 Å². The molecule has 98 valence electrons. The third-order valence-corrected chi connectivity index (χ3v) is 2.61. The number of para-hydroxylation sites is 1. The molecule has 0 radical (unpaired) electrons. The Kier molecular flexibility index (Phi) is 5.98. The average molecular weight is 247 g/mol. The lowest BCUT2D eigenvalue weighted by Gasteiger charge is -2.15.